The molecule has 0 radical (unpaired) electrons. The minimum atomic E-state index is -4.71. The van der Waals surface area contributed by atoms with Gasteiger partial charge in [0.1, 0.15) is 25.5 Å². The highest BCUT2D eigenvalue weighted by atomic mass is 31.2. The average Bonchev–Trinajstić information content (AvgIpc) is 3.47. The fourth-order valence-electron chi connectivity index (χ4n) is 6.99. The Morgan fingerprint density at radius 2 is 1.38 bits per heavy atom. The van der Waals surface area contributed by atoms with Crippen LogP contribution in [0.4, 0.5) is 0 Å². The van der Waals surface area contributed by atoms with Crippen LogP contribution >= 0.6 is 7.82 Å². The number of carbonyl (C=O) groups excluding carboxylic acids is 3. The highest BCUT2D eigenvalue weighted by molar-refractivity contribution is 7.45. The summed E-state index contributed by atoms with van der Waals surface area (Å²) >= 11 is 0. The molecule has 0 spiro atoms. The number of aliphatic hydroxyl groups excluding tert-OH is 2. The van der Waals surface area contributed by atoms with E-state index >= 15 is 0 Å². The molecule has 1 saturated carbocycles. The number of quaternary nitrogens is 1. The van der Waals surface area contributed by atoms with Crippen molar-refractivity contribution in [2.45, 2.75) is 180 Å². The van der Waals surface area contributed by atoms with Crippen molar-refractivity contribution in [2.24, 2.45) is 11.8 Å². The van der Waals surface area contributed by atoms with Crippen LogP contribution in [0.1, 0.15) is 162 Å². The van der Waals surface area contributed by atoms with Gasteiger partial charge in [0.15, 0.2) is 6.10 Å². The maximum atomic E-state index is 12.8. The number of ketones is 1. The van der Waals surface area contributed by atoms with Crippen LogP contribution in [0.5, 0.6) is 0 Å². The number of nitrogens with zero attached hydrogens (tertiary/aromatic N) is 1. The standard InChI is InChI=1S/C48H84NO11P/c1-6-8-10-11-12-13-14-15-16-17-18-19-20-21-22-23-28-32-47(53)57-39-42(40-59-61(55,56)58-37-36-49(3,4)5)60-48(54)33-29-25-24-27-31-43-44(46(52)38-45(43)51)35-34-41(50)30-26-9-7-2/h15-16,18-19,21-22,34-35,41-45,50-51H,6-14,17,20,23-33,36-40H2,1-5H3/b16-15-,19-18-,22-21-,35-34+/t41-,42+,43+,44+,45-/m0/s1. The molecule has 0 bridgehead atoms. The highest BCUT2D eigenvalue weighted by Gasteiger charge is 2.39. The van der Waals surface area contributed by atoms with Gasteiger partial charge in [0.2, 0.25) is 0 Å². The second kappa shape index (κ2) is 35.0. The largest absolute Gasteiger partial charge is 0.756 e. The van der Waals surface area contributed by atoms with E-state index in [1.807, 2.05) is 27.2 Å². The summed E-state index contributed by atoms with van der Waals surface area (Å²) in [6.07, 6.45) is 33.4. The second-order valence-electron chi connectivity index (χ2n) is 17.5. The Kier molecular flexibility index (Phi) is 32.4. The monoisotopic (exact) mass is 882 g/mol. The van der Waals surface area contributed by atoms with Crippen molar-refractivity contribution in [3.63, 3.8) is 0 Å². The predicted molar refractivity (Wildman–Crippen MR) is 241 cm³/mol. The molecule has 0 aromatic rings. The minimum absolute atomic E-state index is 0.00530. The molecule has 1 fully saturated rings. The van der Waals surface area contributed by atoms with Crippen LogP contribution in [-0.2, 0) is 37.5 Å². The molecule has 0 amide bonds. The van der Waals surface area contributed by atoms with Crippen LogP contribution < -0.4 is 4.89 Å². The van der Waals surface area contributed by atoms with Crippen molar-refractivity contribution in [3.05, 3.63) is 48.6 Å². The summed E-state index contributed by atoms with van der Waals surface area (Å²) < 4.78 is 33.8. The molecule has 2 N–H and O–H groups in total. The molecule has 0 aliphatic heterocycles. The zero-order valence-electron chi connectivity index (χ0n) is 38.6. The summed E-state index contributed by atoms with van der Waals surface area (Å²) in [6, 6.07) is 0. The van der Waals surface area contributed by atoms with Gasteiger partial charge in [-0.3, -0.25) is 18.9 Å². The first-order valence-corrected chi connectivity index (χ1v) is 24.9. The van der Waals surface area contributed by atoms with Gasteiger partial charge < -0.3 is 38.1 Å². The summed E-state index contributed by atoms with van der Waals surface area (Å²) in [4.78, 5) is 50.3. The van der Waals surface area contributed by atoms with Crippen LogP contribution in [0.25, 0.3) is 0 Å². The Bertz CT molecular complexity index is 1340. The molecule has 352 valence electrons. The van der Waals surface area contributed by atoms with Gasteiger partial charge in [0.25, 0.3) is 7.82 Å². The molecule has 1 aliphatic carbocycles. The molecule has 1 rings (SSSR count). The molecule has 6 atom stereocenters. The van der Waals surface area contributed by atoms with Crippen molar-refractivity contribution < 1.29 is 57.1 Å². The van der Waals surface area contributed by atoms with Gasteiger partial charge in [0, 0.05) is 25.2 Å². The number of allylic oxidation sites excluding steroid dienone is 7. The summed E-state index contributed by atoms with van der Waals surface area (Å²) in [7, 11) is 0.989. The molecule has 0 aromatic heterocycles. The number of likely N-dealkylation sites (N-methyl/N-ethyl adjacent to an activating group) is 1. The van der Waals surface area contributed by atoms with Gasteiger partial charge >= 0.3 is 11.9 Å². The van der Waals surface area contributed by atoms with Gasteiger partial charge in [-0.05, 0) is 63.7 Å². The van der Waals surface area contributed by atoms with Gasteiger partial charge in [0.05, 0.1) is 40.0 Å². The van der Waals surface area contributed by atoms with Crippen LogP contribution in [0.15, 0.2) is 48.6 Å². The van der Waals surface area contributed by atoms with Crippen LogP contribution in [-0.4, -0.2) is 98.2 Å². The number of esters is 2. The van der Waals surface area contributed by atoms with E-state index in [2.05, 4.69) is 44.2 Å². The Morgan fingerprint density at radius 1 is 0.787 bits per heavy atom. The number of Topliss-reactive ketones (excluding diaryl/α,β-unsaturated/α-hetero) is 1. The number of carbonyl (C=O) groups is 3. The fourth-order valence-corrected chi connectivity index (χ4v) is 7.71. The smallest absolute Gasteiger partial charge is 0.306 e. The minimum Gasteiger partial charge on any atom is -0.756 e. The molecule has 0 saturated heterocycles. The van der Waals surface area contributed by atoms with E-state index in [-0.39, 0.29) is 44.2 Å². The van der Waals surface area contributed by atoms with Crippen molar-refractivity contribution in [1.29, 1.82) is 0 Å². The van der Waals surface area contributed by atoms with Gasteiger partial charge in [-0.1, -0.05) is 133 Å². The predicted octanol–water partition coefficient (Wildman–Crippen LogP) is 9.42. The zero-order chi connectivity index (χ0) is 45.2. The first-order valence-electron chi connectivity index (χ1n) is 23.4. The molecular weight excluding hydrogens is 797 g/mol. The number of unbranched alkanes of at least 4 members (excludes halogenated alkanes) is 12. The van der Waals surface area contributed by atoms with Crippen molar-refractivity contribution in [2.75, 3.05) is 47.5 Å². The third kappa shape index (κ3) is 32.0. The summed E-state index contributed by atoms with van der Waals surface area (Å²) in [6.45, 7) is 3.78. The van der Waals surface area contributed by atoms with E-state index in [1.54, 1.807) is 12.2 Å². The van der Waals surface area contributed by atoms with Crippen molar-refractivity contribution >= 4 is 25.5 Å². The van der Waals surface area contributed by atoms with E-state index in [0.29, 0.717) is 49.6 Å². The van der Waals surface area contributed by atoms with E-state index in [4.69, 9.17) is 18.5 Å². The normalized spacial score (nSPS) is 19.4. The van der Waals surface area contributed by atoms with E-state index in [1.165, 1.54) is 38.5 Å². The molecule has 61 heavy (non-hydrogen) atoms. The number of hydrogen-bond donors (Lipinski definition) is 2. The maximum absolute atomic E-state index is 12.8. The van der Waals surface area contributed by atoms with Gasteiger partial charge in [-0.15, -0.1) is 0 Å². The number of rotatable bonds is 38. The lowest BCUT2D eigenvalue weighted by molar-refractivity contribution is -0.870. The van der Waals surface area contributed by atoms with Gasteiger partial charge in [-0.2, -0.15) is 0 Å². The van der Waals surface area contributed by atoms with Crippen molar-refractivity contribution in [3.8, 4) is 0 Å². The Labute approximate surface area is 369 Å². The molecule has 1 unspecified atom stereocenters. The van der Waals surface area contributed by atoms with Crippen LogP contribution in [0.2, 0.25) is 0 Å². The second-order valence-corrected chi connectivity index (χ2v) is 19.0. The molecular formula is C48H84NO11P. The molecule has 0 aromatic carbocycles. The topological polar surface area (TPSA) is 169 Å². The lowest BCUT2D eigenvalue weighted by atomic mass is 9.88. The highest BCUT2D eigenvalue weighted by Crippen LogP contribution is 2.38. The fraction of sp³-hybridized carbons (Fsp3) is 0.771. The Morgan fingerprint density at radius 3 is 2.07 bits per heavy atom. The third-order valence-electron chi connectivity index (χ3n) is 10.7. The number of phosphoric acid groups is 1. The molecule has 13 heteroatoms. The zero-order valence-corrected chi connectivity index (χ0v) is 39.5. The van der Waals surface area contributed by atoms with E-state index in [9.17, 15) is 34.1 Å². The Hall–Kier alpha value is -2.44. The summed E-state index contributed by atoms with van der Waals surface area (Å²) in [5, 5.41) is 20.8. The maximum Gasteiger partial charge on any atom is 0.306 e. The summed E-state index contributed by atoms with van der Waals surface area (Å²) in [5.74, 6) is -1.66. The van der Waals surface area contributed by atoms with Crippen molar-refractivity contribution in [1.82, 2.24) is 0 Å². The van der Waals surface area contributed by atoms with E-state index in [0.717, 1.165) is 51.4 Å². The quantitative estimate of drug-likeness (QED) is 0.0199. The number of phosphoric ester groups is 1. The molecule has 12 nitrogen and oxygen atoms in total. The van der Waals surface area contributed by atoms with Gasteiger partial charge in [-0.25, -0.2) is 0 Å². The molecule has 1 aliphatic rings. The average molecular weight is 882 g/mol. The first kappa shape index (κ1) is 56.6. The van der Waals surface area contributed by atoms with Crippen LogP contribution in [0.3, 0.4) is 0 Å². The lowest BCUT2D eigenvalue weighted by Crippen LogP contribution is -2.37. The van der Waals surface area contributed by atoms with E-state index < -0.39 is 50.6 Å². The number of aliphatic hydroxyl groups is 2. The Balaban J connectivity index is 2.49. The first-order chi connectivity index (χ1) is 29.2. The summed E-state index contributed by atoms with van der Waals surface area (Å²) in [5.41, 5.74) is 0. The lowest BCUT2D eigenvalue weighted by Gasteiger charge is -2.28. The third-order valence-corrected chi connectivity index (χ3v) is 11.7. The number of ether oxygens (including phenoxy) is 2. The molecule has 0 heterocycles. The number of hydrogen-bond acceptors (Lipinski definition) is 11. The van der Waals surface area contributed by atoms with Crippen LogP contribution in [0, 0.1) is 11.8 Å². The SMILES string of the molecule is CCCCCCCC/C=C\C/C=C\C/C=C\CCCC(=O)OC[C@H](COP(=O)([O-])OCC[N+](C)(C)C)OC(=O)CCCCCC[C@H]1[C@@H](O)CC(=O)[C@@H]1/C=C/[C@@H](O)CCCCC.